The van der Waals surface area contributed by atoms with E-state index in [0.717, 1.165) is 5.56 Å². The normalized spacial score (nSPS) is 10.4. The number of nitrogens with one attached hydrogen (secondary N) is 2. The van der Waals surface area contributed by atoms with Gasteiger partial charge in [0.1, 0.15) is 17.2 Å². The first kappa shape index (κ1) is 25.6. The first-order valence-electron chi connectivity index (χ1n) is 10.8. The van der Waals surface area contributed by atoms with Crippen LogP contribution in [-0.2, 0) is 20.9 Å². The molecule has 0 saturated carbocycles. The third-order valence-corrected chi connectivity index (χ3v) is 5.23. The number of hydrogen-bond donors (Lipinski definition) is 3. The van der Waals surface area contributed by atoms with Crippen molar-refractivity contribution in [1.29, 1.82) is 0 Å². The van der Waals surface area contributed by atoms with Crippen LogP contribution in [-0.4, -0.2) is 29.5 Å². The van der Waals surface area contributed by atoms with Crippen LogP contribution in [0.1, 0.15) is 34.0 Å². The average molecular weight is 497 g/mol. The fourth-order valence-electron chi connectivity index (χ4n) is 3.32. The minimum atomic E-state index is -0.964. The van der Waals surface area contributed by atoms with Crippen molar-refractivity contribution in [3.05, 3.63) is 81.9 Å². The molecule has 0 heterocycles. The van der Waals surface area contributed by atoms with E-state index in [2.05, 4.69) is 10.6 Å². The van der Waals surface area contributed by atoms with Gasteiger partial charge in [-0.2, -0.15) is 0 Å². The van der Waals surface area contributed by atoms with Crippen molar-refractivity contribution in [2.75, 3.05) is 11.9 Å². The SMILES string of the molecule is CCOC(=O)C(=O)Nc1cc(C)c(Oc2ccc(O)c(C(=O)NCc3ccc(Cl)cc3)c2)c(C)c1. The van der Waals surface area contributed by atoms with Crippen LogP contribution in [0.15, 0.2) is 54.6 Å². The van der Waals surface area contributed by atoms with Gasteiger partial charge in [0, 0.05) is 17.3 Å². The molecule has 0 bridgehead atoms. The van der Waals surface area contributed by atoms with Gasteiger partial charge >= 0.3 is 11.9 Å². The van der Waals surface area contributed by atoms with Crippen LogP contribution in [0, 0.1) is 13.8 Å². The largest absolute Gasteiger partial charge is 0.507 e. The molecule has 35 heavy (non-hydrogen) atoms. The quantitative estimate of drug-likeness (QED) is 0.317. The first-order valence-corrected chi connectivity index (χ1v) is 11.2. The number of halogens is 1. The van der Waals surface area contributed by atoms with Crippen molar-refractivity contribution in [1.82, 2.24) is 5.32 Å². The van der Waals surface area contributed by atoms with Crippen molar-refractivity contribution in [3.8, 4) is 17.2 Å². The molecule has 0 aromatic heterocycles. The van der Waals surface area contributed by atoms with E-state index >= 15 is 0 Å². The summed E-state index contributed by atoms with van der Waals surface area (Å²) in [5.41, 5.74) is 2.71. The predicted molar refractivity (Wildman–Crippen MR) is 132 cm³/mol. The summed E-state index contributed by atoms with van der Waals surface area (Å²) in [6, 6.07) is 14.7. The molecular formula is C26H25ClN2O6. The molecule has 0 radical (unpaired) electrons. The molecule has 9 heteroatoms. The number of anilines is 1. The number of esters is 1. The number of phenols is 1. The van der Waals surface area contributed by atoms with E-state index in [0.29, 0.717) is 33.3 Å². The van der Waals surface area contributed by atoms with E-state index in [4.69, 9.17) is 21.1 Å². The summed E-state index contributed by atoms with van der Waals surface area (Å²) in [5, 5.41) is 16.1. The molecule has 0 fully saturated rings. The molecule has 0 atom stereocenters. The molecule has 3 aromatic carbocycles. The summed E-state index contributed by atoms with van der Waals surface area (Å²) in [6.45, 7) is 5.54. The summed E-state index contributed by atoms with van der Waals surface area (Å²) in [5.74, 6) is -1.63. The van der Waals surface area contributed by atoms with Gasteiger partial charge in [-0.05, 0) is 79.9 Å². The highest BCUT2D eigenvalue weighted by Gasteiger charge is 2.17. The van der Waals surface area contributed by atoms with Gasteiger partial charge in [-0.25, -0.2) is 4.79 Å². The lowest BCUT2D eigenvalue weighted by Crippen LogP contribution is -2.25. The van der Waals surface area contributed by atoms with Crippen LogP contribution in [0.2, 0.25) is 5.02 Å². The predicted octanol–water partition coefficient (Wildman–Crippen LogP) is 4.89. The maximum absolute atomic E-state index is 12.7. The summed E-state index contributed by atoms with van der Waals surface area (Å²) in [7, 11) is 0. The van der Waals surface area contributed by atoms with Crippen molar-refractivity contribution < 1.29 is 29.0 Å². The van der Waals surface area contributed by atoms with Gasteiger partial charge in [-0.3, -0.25) is 9.59 Å². The second kappa shape index (κ2) is 11.4. The molecule has 0 aliphatic carbocycles. The molecule has 182 valence electrons. The Labute approximate surface area is 207 Å². The fourth-order valence-corrected chi connectivity index (χ4v) is 3.45. The molecule has 0 aliphatic rings. The molecule has 2 amide bonds. The Hall–Kier alpha value is -4.04. The minimum Gasteiger partial charge on any atom is -0.507 e. The zero-order valence-electron chi connectivity index (χ0n) is 19.5. The Balaban J connectivity index is 1.73. The topological polar surface area (TPSA) is 114 Å². The lowest BCUT2D eigenvalue weighted by molar-refractivity contribution is -0.152. The maximum Gasteiger partial charge on any atom is 0.397 e. The molecule has 3 aromatic rings. The third kappa shape index (κ3) is 6.74. The van der Waals surface area contributed by atoms with Gasteiger partial charge in [0.2, 0.25) is 0 Å². The number of hydrogen-bond acceptors (Lipinski definition) is 6. The number of amides is 2. The van der Waals surface area contributed by atoms with Gasteiger partial charge in [-0.15, -0.1) is 0 Å². The number of carbonyl (C=O) groups is 3. The van der Waals surface area contributed by atoms with Gasteiger partial charge in [-0.1, -0.05) is 23.7 Å². The van der Waals surface area contributed by atoms with Gasteiger partial charge < -0.3 is 25.2 Å². The highest BCUT2D eigenvalue weighted by atomic mass is 35.5. The van der Waals surface area contributed by atoms with Crippen molar-refractivity contribution >= 4 is 35.1 Å². The molecule has 8 nitrogen and oxygen atoms in total. The zero-order chi connectivity index (χ0) is 25.5. The fraction of sp³-hybridized carbons (Fsp3) is 0.192. The summed E-state index contributed by atoms with van der Waals surface area (Å²) < 4.78 is 10.7. The van der Waals surface area contributed by atoms with E-state index in [1.54, 1.807) is 63.2 Å². The van der Waals surface area contributed by atoms with Gasteiger partial charge in [0.25, 0.3) is 5.91 Å². The summed E-state index contributed by atoms with van der Waals surface area (Å²) in [6.07, 6.45) is 0. The zero-order valence-corrected chi connectivity index (χ0v) is 20.2. The monoisotopic (exact) mass is 496 g/mol. The molecule has 0 saturated heterocycles. The highest BCUT2D eigenvalue weighted by Crippen LogP contribution is 2.33. The number of ether oxygens (including phenoxy) is 2. The third-order valence-electron chi connectivity index (χ3n) is 4.98. The number of aryl methyl sites for hydroxylation is 2. The molecule has 0 spiro atoms. The second-order valence-electron chi connectivity index (χ2n) is 7.70. The average Bonchev–Trinajstić information content (AvgIpc) is 2.82. The van der Waals surface area contributed by atoms with E-state index in [-0.39, 0.29) is 24.5 Å². The van der Waals surface area contributed by atoms with E-state index in [1.807, 2.05) is 0 Å². The van der Waals surface area contributed by atoms with Gasteiger partial charge in [0.05, 0.1) is 12.2 Å². The number of carbonyl (C=O) groups excluding carboxylic acids is 3. The first-order chi connectivity index (χ1) is 16.7. The molecule has 3 rings (SSSR count). The van der Waals surface area contributed by atoms with Crippen LogP contribution < -0.4 is 15.4 Å². The van der Waals surface area contributed by atoms with Gasteiger partial charge in [0.15, 0.2) is 0 Å². The minimum absolute atomic E-state index is 0.0603. The maximum atomic E-state index is 12.7. The molecule has 0 unspecified atom stereocenters. The number of aromatic hydroxyl groups is 1. The molecular weight excluding hydrogens is 472 g/mol. The summed E-state index contributed by atoms with van der Waals surface area (Å²) in [4.78, 5) is 36.1. The van der Waals surface area contributed by atoms with E-state index < -0.39 is 17.8 Å². The Morgan fingerprint density at radius 2 is 1.63 bits per heavy atom. The van der Waals surface area contributed by atoms with Crippen molar-refractivity contribution in [3.63, 3.8) is 0 Å². The Bertz CT molecular complexity index is 1230. The van der Waals surface area contributed by atoms with Crippen molar-refractivity contribution in [2.45, 2.75) is 27.3 Å². The standard InChI is InChI=1S/C26H25ClN2O6/c1-4-34-26(33)25(32)29-19-11-15(2)23(16(3)12-19)35-20-9-10-22(30)21(13-20)24(31)28-14-17-5-7-18(27)8-6-17/h5-13,30H,4,14H2,1-3H3,(H,28,31)(H,29,32). The van der Waals surface area contributed by atoms with Crippen molar-refractivity contribution in [2.24, 2.45) is 0 Å². The Kier molecular flexibility index (Phi) is 8.33. The number of benzene rings is 3. The van der Waals surface area contributed by atoms with E-state index in [1.165, 1.54) is 12.1 Å². The van der Waals surface area contributed by atoms with Crippen LogP contribution in [0.3, 0.4) is 0 Å². The summed E-state index contributed by atoms with van der Waals surface area (Å²) >= 11 is 5.88. The lowest BCUT2D eigenvalue weighted by atomic mass is 10.1. The van der Waals surface area contributed by atoms with Crippen LogP contribution in [0.25, 0.3) is 0 Å². The van der Waals surface area contributed by atoms with Crippen LogP contribution >= 0.6 is 11.6 Å². The Morgan fingerprint density at radius 1 is 0.971 bits per heavy atom. The Morgan fingerprint density at radius 3 is 2.26 bits per heavy atom. The van der Waals surface area contributed by atoms with Crippen LogP contribution in [0.5, 0.6) is 17.2 Å². The smallest absolute Gasteiger partial charge is 0.397 e. The number of phenolic OH excluding ortho intramolecular Hbond substituents is 1. The lowest BCUT2D eigenvalue weighted by Gasteiger charge is -2.15. The highest BCUT2D eigenvalue weighted by molar-refractivity contribution is 6.37. The van der Waals surface area contributed by atoms with E-state index in [9.17, 15) is 19.5 Å². The second-order valence-corrected chi connectivity index (χ2v) is 8.14. The number of rotatable bonds is 7. The molecule has 0 aliphatic heterocycles. The molecule has 3 N–H and O–H groups in total. The van der Waals surface area contributed by atoms with Crippen LogP contribution in [0.4, 0.5) is 5.69 Å².